The minimum atomic E-state index is -3.91. The second-order valence-electron chi connectivity index (χ2n) is 9.40. The van der Waals surface area contributed by atoms with Gasteiger partial charge >= 0.3 is 0 Å². The number of hydrogen-bond donors (Lipinski definition) is 2. The van der Waals surface area contributed by atoms with E-state index in [1.807, 2.05) is 0 Å². The minimum absolute atomic E-state index is 0.246. The summed E-state index contributed by atoms with van der Waals surface area (Å²) in [4.78, 5) is 56.0. The summed E-state index contributed by atoms with van der Waals surface area (Å²) in [6.45, 7) is 0.865. The number of piperidine rings is 1. The van der Waals surface area contributed by atoms with Gasteiger partial charge < -0.3 is 20.4 Å². The van der Waals surface area contributed by atoms with Gasteiger partial charge in [-0.1, -0.05) is 11.6 Å². The van der Waals surface area contributed by atoms with Crippen LogP contribution < -0.4 is 10.5 Å². The Morgan fingerprint density at radius 2 is 1.73 bits per heavy atom. The number of likely N-dealkylation sites (tertiary alicyclic amines) is 3. The zero-order valence-corrected chi connectivity index (χ0v) is 22.6. The van der Waals surface area contributed by atoms with Gasteiger partial charge in [0.15, 0.2) is 0 Å². The van der Waals surface area contributed by atoms with E-state index in [-0.39, 0.29) is 18.4 Å². The van der Waals surface area contributed by atoms with Crippen LogP contribution in [0.4, 0.5) is 0 Å². The molecule has 3 atom stereocenters. The molecule has 0 unspecified atom stereocenters. The van der Waals surface area contributed by atoms with Crippen molar-refractivity contribution in [2.45, 2.75) is 56.7 Å². The largest absolute Gasteiger partial charge is 0.368 e. The Labute approximate surface area is 224 Å². The third-order valence-electron chi connectivity index (χ3n) is 6.89. The Hall–Kier alpha value is -2.48. The molecule has 3 aliphatic rings. The molecule has 3 saturated heterocycles. The first-order chi connectivity index (χ1) is 17.6. The van der Waals surface area contributed by atoms with Crippen LogP contribution in [0.3, 0.4) is 0 Å². The smallest absolute Gasteiger partial charge is 0.246 e. The summed E-state index contributed by atoms with van der Waals surface area (Å²) in [5, 5.41) is 0.991. The standard InChI is InChI=1S/C23H30ClN5O6S2/c24-19-8-7-15(36-19)9-13-37(34,35)26-16-4-1-10-27(22(16)32)14-20(30)28-11-3-6-18(28)23(33)29-12-2-5-17(29)21(25)31/h7-9,13,16-18,26H,1-6,10-12,14H2,(H2,25,31)/t16-,17-,18-/m0/s1. The fourth-order valence-corrected chi connectivity index (χ4v) is 7.18. The van der Waals surface area contributed by atoms with Gasteiger partial charge in [-0.25, -0.2) is 8.42 Å². The molecule has 3 N–H and O–H groups in total. The fraction of sp³-hybridized carbons (Fsp3) is 0.565. The maximum Gasteiger partial charge on any atom is 0.246 e. The molecule has 0 saturated carbocycles. The Morgan fingerprint density at radius 3 is 2.41 bits per heavy atom. The molecule has 3 fully saturated rings. The number of halogens is 1. The second-order valence-corrected chi connectivity index (χ2v) is 12.7. The third-order valence-corrected chi connectivity index (χ3v) is 9.20. The van der Waals surface area contributed by atoms with E-state index in [4.69, 9.17) is 17.3 Å². The van der Waals surface area contributed by atoms with Crippen molar-refractivity contribution in [3.8, 4) is 0 Å². The molecular formula is C23H30ClN5O6S2. The van der Waals surface area contributed by atoms with Crippen molar-refractivity contribution >= 4 is 62.7 Å². The van der Waals surface area contributed by atoms with Gasteiger partial charge in [-0.2, -0.15) is 4.72 Å². The molecule has 37 heavy (non-hydrogen) atoms. The van der Waals surface area contributed by atoms with Gasteiger partial charge in [0.1, 0.15) is 18.1 Å². The number of rotatable bonds is 8. The SMILES string of the molecule is NC(=O)[C@@H]1CCCN1C(=O)[C@@H]1CCCN1C(=O)CN1CCC[C@H](NS(=O)(=O)C=Cc2ccc(Cl)s2)C1=O. The highest BCUT2D eigenvalue weighted by molar-refractivity contribution is 7.92. The molecule has 4 rings (SSSR count). The highest BCUT2D eigenvalue weighted by Crippen LogP contribution is 2.26. The van der Waals surface area contributed by atoms with Crippen LogP contribution in [0.1, 0.15) is 43.4 Å². The lowest BCUT2D eigenvalue weighted by Gasteiger charge is -2.34. The predicted octanol–water partition coefficient (Wildman–Crippen LogP) is 0.750. The van der Waals surface area contributed by atoms with Crippen molar-refractivity contribution in [1.29, 1.82) is 0 Å². The molecule has 1 aromatic heterocycles. The molecule has 0 bridgehead atoms. The number of sulfonamides is 1. The van der Waals surface area contributed by atoms with Crippen LogP contribution in [-0.4, -0.2) is 91.1 Å². The minimum Gasteiger partial charge on any atom is -0.368 e. The molecule has 14 heteroatoms. The maximum atomic E-state index is 13.2. The third kappa shape index (κ3) is 6.51. The van der Waals surface area contributed by atoms with Crippen molar-refractivity contribution in [1.82, 2.24) is 19.4 Å². The number of primary amides is 1. The zero-order valence-electron chi connectivity index (χ0n) is 20.2. The monoisotopic (exact) mass is 571 g/mol. The van der Waals surface area contributed by atoms with Gasteiger partial charge in [0.25, 0.3) is 0 Å². The Balaban J connectivity index is 1.37. The van der Waals surface area contributed by atoms with Crippen LogP contribution in [0.5, 0.6) is 0 Å². The van der Waals surface area contributed by atoms with E-state index in [1.165, 1.54) is 32.1 Å². The Morgan fingerprint density at radius 1 is 1.05 bits per heavy atom. The van der Waals surface area contributed by atoms with E-state index in [0.29, 0.717) is 67.4 Å². The van der Waals surface area contributed by atoms with Crippen molar-refractivity contribution < 1.29 is 27.6 Å². The predicted molar refractivity (Wildman–Crippen MR) is 139 cm³/mol. The topological polar surface area (TPSA) is 150 Å². The van der Waals surface area contributed by atoms with Crippen molar-refractivity contribution in [3.05, 3.63) is 26.8 Å². The number of nitrogens with one attached hydrogen (secondary N) is 1. The van der Waals surface area contributed by atoms with Gasteiger partial charge in [0.05, 0.1) is 10.9 Å². The zero-order chi connectivity index (χ0) is 26.7. The number of hydrogen-bond acceptors (Lipinski definition) is 7. The van der Waals surface area contributed by atoms with Gasteiger partial charge in [-0.15, -0.1) is 11.3 Å². The highest BCUT2D eigenvalue weighted by Gasteiger charge is 2.42. The van der Waals surface area contributed by atoms with Crippen LogP contribution in [0.2, 0.25) is 4.34 Å². The van der Waals surface area contributed by atoms with Crippen LogP contribution in [0.15, 0.2) is 17.5 Å². The second kappa shape index (κ2) is 11.5. The molecule has 11 nitrogen and oxygen atoms in total. The average molecular weight is 572 g/mol. The number of amides is 4. The lowest BCUT2D eigenvalue weighted by Crippen LogP contribution is -2.56. The molecule has 0 radical (unpaired) electrons. The number of nitrogens with zero attached hydrogens (tertiary/aromatic N) is 3. The van der Waals surface area contributed by atoms with Crippen LogP contribution in [0, 0.1) is 0 Å². The summed E-state index contributed by atoms with van der Waals surface area (Å²) >= 11 is 7.09. The highest BCUT2D eigenvalue weighted by atomic mass is 35.5. The van der Waals surface area contributed by atoms with E-state index in [1.54, 1.807) is 12.1 Å². The van der Waals surface area contributed by atoms with E-state index in [0.717, 1.165) is 5.41 Å². The summed E-state index contributed by atoms with van der Waals surface area (Å²) in [6, 6.07) is 1.00. The average Bonchev–Trinajstić information content (AvgIpc) is 3.60. The molecule has 0 aromatic carbocycles. The van der Waals surface area contributed by atoms with Gasteiger partial charge in [0, 0.05) is 29.9 Å². The summed E-state index contributed by atoms with van der Waals surface area (Å²) < 4.78 is 28.0. The summed E-state index contributed by atoms with van der Waals surface area (Å²) in [5.74, 6) is -1.70. The lowest BCUT2D eigenvalue weighted by atomic mass is 10.1. The summed E-state index contributed by atoms with van der Waals surface area (Å²) in [6.07, 6.45) is 4.54. The van der Waals surface area contributed by atoms with Crippen molar-refractivity contribution in [3.63, 3.8) is 0 Å². The van der Waals surface area contributed by atoms with Crippen molar-refractivity contribution in [2.24, 2.45) is 5.73 Å². The first-order valence-electron chi connectivity index (χ1n) is 12.2. The first-order valence-corrected chi connectivity index (χ1v) is 14.9. The van der Waals surface area contributed by atoms with Crippen molar-refractivity contribution in [2.75, 3.05) is 26.2 Å². The molecule has 0 spiro atoms. The summed E-state index contributed by atoms with van der Waals surface area (Å²) in [7, 11) is -3.91. The molecule has 3 aliphatic heterocycles. The number of thiophene rings is 1. The van der Waals surface area contributed by atoms with Crippen LogP contribution in [0.25, 0.3) is 6.08 Å². The van der Waals surface area contributed by atoms with Gasteiger partial charge in [-0.3, -0.25) is 19.2 Å². The quantitative estimate of drug-likeness (QED) is 0.470. The molecule has 4 heterocycles. The maximum absolute atomic E-state index is 13.2. The first kappa shape index (κ1) is 27.6. The Bertz CT molecular complexity index is 1200. The number of carbonyl (C=O) groups excluding carboxylic acids is 4. The fourth-order valence-electron chi connectivity index (χ4n) is 5.11. The van der Waals surface area contributed by atoms with Crippen LogP contribution in [-0.2, 0) is 29.2 Å². The van der Waals surface area contributed by atoms with Gasteiger partial charge in [0.2, 0.25) is 33.7 Å². The Kier molecular flexibility index (Phi) is 8.56. The molecule has 0 aliphatic carbocycles. The number of carbonyl (C=O) groups is 4. The van der Waals surface area contributed by atoms with E-state index >= 15 is 0 Å². The number of nitrogens with two attached hydrogens (primary N) is 1. The molecule has 4 amide bonds. The van der Waals surface area contributed by atoms with E-state index in [2.05, 4.69) is 4.72 Å². The normalized spacial score (nSPS) is 24.8. The van der Waals surface area contributed by atoms with Gasteiger partial charge in [-0.05, 0) is 56.7 Å². The van der Waals surface area contributed by atoms with E-state index < -0.39 is 40.0 Å². The molecule has 1 aromatic rings. The summed E-state index contributed by atoms with van der Waals surface area (Å²) in [5.41, 5.74) is 5.45. The van der Waals surface area contributed by atoms with Crippen LogP contribution >= 0.6 is 22.9 Å². The molecule has 202 valence electrons. The molecular weight excluding hydrogens is 542 g/mol. The lowest BCUT2D eigenvalue weighted by molar-refractivity contribution is -0.149. The van der Waals surface area contributed by atoms with E-state index in [9.17, 15) is 27.6 Å².